The zero-order valence-corrected chi connectivity index (χ0v) is 7.00. The van der Waals surface area contributed by atoms with Gasteiger partial charge in [-0.05, 0) is 26.2 Å². The van der Waals surface area contributed by atoms with Gasteiger partial charge < -0.3 is 9.84 Å². The molecule has 1 saturated carbocycles. The Morgan fingerprint density at radius 2 is 2.33 bits per heavy atom. The molecule has 0 saturated heterocycles. The van der Waals surface area contributed by atoms with Crippen LogP contribution in [-0.2, 0) is 9.53 Å². The molecule has 4 heteroatoms. The fourth-order valence-corrected chi connectivity index (χ4v) is 1.26. The molecule has 0 radical (unpaired) electrons. The van der Waals surface area contributed by atoms with Crippen LogP contribution in [-0.4, -0.2) is 29.5 Å². The Labute approximate surface area is 70.5 Å². The van der Waals surface area contributed by atoms with Crippen molar-refractivity contribution in [2.45, 2.75) is 44.6 Å². The minimum atomic E-state index is -1.15. The maximum Gasteiger partial charge on any atom is 0.335 e. The van der Waals surface area contributed by atoms with Crippen molar-refractivity contribution < 1.29 is 19.0 Å². The average molecular weight is 176 g/mol. The lowest BCUT2D eigenvalue weighted by Crippen LogP contribution is -2.28. The van der Waals surface area contributed by atoms with E-state index in [-0.39, 0.29) is 0 Å². The number of aliphatic hydroxyl groups excluding tert-OH is 1. The van der Waals surface area contributed by atoms with Crippen LogP contribution in [0.5, 0.6) is 0 Å². The Morgan fingerprint density at radius 1 is 1.67 bits per heavy atom. The van der Waals surface area contributed by atoms with E-state index < -0.39 is 24.3 Å². The number of ether oxygens (including phenoxy) is 1. The Hall–Kier alpha value is -0.640. The summed E-state index contributed by atoms with van der Waals surface area (Å²) in [6.07, 6.45) is -1.06. The first-order valence-electron chi connectivity index (χ1n) is 4.14. The Morgan fingerprint density at radius 3 is 2.75 bits per heavy atom. The quantitative estimate of drug-likeness (QED) is 0.633. The van der Waals surface area contributed by atoms with Crippen molar-refractivity contribution in [1.82, 2.24) is 0 Å². The van der Waals surface area contributed by atoms with E-state index in [1.807, 2.05) is 0 Å². The van der Waals surface area contributed by atoms with Gasteiger partial charge in [0.15, 0.2) is 0 Å². The highest BCUT2D eigenvalue weighted by atomic mass is 19.1. The van der Waals surface area contributed by atoms with E-state index >= 15 is 0 Å². The van der Waals surface area contributed by atoms with Crippen molar-refractivity contribution in [3.8, 4) is 0 Å². The molecule has 0 aliphatic heterocycles. The van der Waals surface area contributed by atoms with E-state index in [2.05, 4.69) is 0 Å². The third-order valence-electron chi connectivity index (χ3n) is 1.98. The van der Waals surface area contributed by atoms with E-state index in [1.54, 1.807) is 0 Å². The zero-order chi connectivity index (χ0) is 9.14. The smallest absolute Gasteiger partial charge is 0.335 e. The van der Waals surface area contributed by atoms with Crippen LogP contribution in [0, 0.1) is 0 Å². The molecule has 3 atom stereocenters. The molecule has 0 aromatic carbocycles. The molecule has 12 heavy (non-hydrogen) atoms. The van der Waals surface area contributed by atoms with E-state index in [0.717, 1.165) is 6.42 Å². The Kier molecular flexibility index (Phi) is 3.03. The largest absolute Gasteiger partial charge is 0.457 e. The first-order chi connectivity index (χ1) is 5.61. The van der Waals surface area contributed by atoms with Crippen LogP contribution < -0.4 is 0 Å². The highest BCUT2D eigenvalue weighted by Gasteiger charge is 2.31. The average Bonchev–Trinajstić information content (AvgIpc) is 2.36. The highest BCUT2D eigenvalue weighted by molar-refractivity contribution is 5.74. The first kappa shape index (κ1) is 9.45. The molecule has 1 aliphatic rings. The SMILES string of the molecule is C[C@H](O)C(=O)O[C@H]1CCC[C@@H]1F. The van der Waals surface area contributed by atoms with Crippen molar-refractivity contribution in [2.24, 2.45) is 0 Å². The third kappa shape index (κ3) is 2.17. The summed E-state index contributed by atoms with van der Waals surface area (Å²) in [4.78, 5) is 10.8. The van der Waals surface area contributed by atoms with E-state index in [9.17, 15) is 9.18 Å². The second-order valence-electron chi connectivity index (χ2n) is 3.10. The van der Waals surface area contributed by atoms with Crippen LogP contribution in [0.3, 0.4) is 0 Å². The summed E-state index contributed by atoms with van der Waals surface area (Å²) in [5.41, 5.74) is 0. The number of alkyl halides is 1. The van der Waals surface area contributed by atoms with E-state index in [0.29, 0.717) is 12.8 Å². The van der Waals surface area contributed by atoms with Gasteiger partial charge >= 0.3 is 5.97 Å². The summed E-state index contributed by atoms with van der Waals surface area (Å²) >= 11 is 0. The maximum absolute atomic E-state index is 12.9. The molecule has 0 aromatic rings. The molecule has 70 valence electrons. The number of hydrogen-bond acceptors (Lipinski definition) is 3. The molecule has 0 heterocycles. The van der Waals surface area contributed by atoms with Crippen molar-refractivity contribution in [3.63, 3.8) is 0 Å². The number of aliphatic hydroxyl groups is 1. The fraction of sp³-hybridized carbons (Fsp3) is 0.875. The minimum absolute atomic E-state index is 0.456. The molecule has 0 amide bonds. The summed E-state index contributed by atoms with van der Waals surface area (Å²) < 4.78 is 17.6. The lowest BCUT2D eigenvalue weighted by Gasteiger charge is -2.14. The van der Waals surface area contributed by atoms with Gasteiger partial charge in [0, 0.05) is 0 Å². The molecule has 1 fully saturated rings. The minimum Gasteiger partial charge on any atom is -0.457 e. The lowest BCUT2D eigenvalue weighted by atomic mass is 10.3. The topological polar surface area (TPSA) is 46.5 Å². The predicted molar refractivity (Wildman–Crippen MR) is 40.3 cm³/mol. The van der Waals surface area contributed by atoms with E-state index in [1.165, 1.54) is 6.92 Å². The summed E-state index contributed by atoms with van der Waals surface area (Å²) in [6, 6.07) is 0. The molecule has 3 nitrogen and oxygen atoms in total. The second-order valence-corrected chi connectivity index (χ2v) is 3.10. The standard InChI is InChI=1S/C8H13FO3/c1-5(10)8(11)12-7-4-2-3-6(7)9/h5-7,10H,2-4H2,1H3/t5-,6-,7-/m0/s1. The fourth-order valence-electron chi connectivity index (χ4n) is 1.26. The lowest BCUT2D eigenvalue weighted by molar-refractivity contribution is -0.160. The number of halogens is 1. The van der Waals surface area contributed by atoms with Crippen LogP contribution in [0.15, 0.2) is 0 Å². The maximum atomic E-state index is 12.9. The van der Waals surface area contributed by atoms with Gasteiger partial charge in [0.2, 0.25) is 0 Å². The van der Waals surface area contributed by atoms with Crippen molar-refractivity contribution >= 4 is 5.97 Å². The van der Waals surface area contributed by atoms with Gasteiger partial charge in [0.1, 0.15) is 18.4 Å². The van der Waals surface area contributed by atoms with Crippen LogP contribution in [0.2, 0.25) is 0 Å². The molecule has 1 N–H and O–H groups in total. The van der Waals surface area contributed by atoms with E-state index in [4.69, 9.17) is 9.84 Å². The number of rotatable bonds is 2. The highest BCUT2D eigenvalue weighted by Crippen LogP contribution is 2.24. The molecule has 0 unspecified atom stereocenters. The first-order valence-corrected chi connectivity index (χ1v) is 4.14. The van der Waals surface area contributed by atoms with Crippen LogP contribution in [0.25, 0.3) is 0 Å². The normalized spacial score (nSPS) is 31.6. The molecule has 0 spiro atoms. The summed E-state index contributed by atoms with van der Waals surface area (Å²) in [7, 11) is 0. The van der Waals surface area contributed by atoms with Crippen LogP contribution in [0.1, 0.15) is 26.2 Å². The summed E-state index contributed by atoms with van der Waals surface area (Å²) in [5, 5.41) is 8.77. The van der Waals surface area contributed by atoms with Gasteiger partial charge in [0.25, 0.3) is 0 Å². The van der Waals surface area contributed by atoms with Gasteiger partial charge in [-0.25, -0.2) is 9.18 Å². The Bertz CT molecular complexity index is 170. The number of hydrogen-bond donors (Lipinski definition) is 1. The van der Waals surface area contributed by atoms with Crippen molar-refractivity contribution in [1.29, 1.82) is 0 Å². The van der Waals surface area contributed by atoms with Gasteiger partial charge in [0.05, 0.1) is 0 Å². The molecular formula is C8H13FO3. The van der Waals surface area contributed by atoms with Gasteiger partial charge in [-0.2, -0.15) is 0 Å². The molecule has 0 bridgehead atoms. The van der Waals surface area contributed by atoms with Gasteiger partial charge in [-0.15, -0.1) is 0 Å². The Balaban J connectivity index is 2.35. The number of carbonyl (C=O) groups is 1. The summed E-state index contributed by atoms with van der Waals surface area (Å²) in [6.45, 7) is 1.31. The summed E-state index contributed by atoms with van der Waals surface area (Å²) in [5.74, 6) is -0.732. The molecular weight excluding hydrogens is 163 g/mol. The van der Waals surface area contributed by atoms with Gasteiger partial charge in [-0.1, -0.05) is 0 Å². The number of carbonyl (C=O) groups excluding carboxylic acids is 1. The second kappa shape index (κ2) is 3.85. The molecule has 1 rings (SSSR count). The predicted octanol–water partition coefficient (Wildman–Crippen LogP) is 0.801. The van der Waals surface area contributed by atoms with Crippen LogP contribution in [0.4, 0.5) is 4.39 Å². The number of esters is 1. The molecule has 0 aromatic heterocycles. The monoisotopic (exact) mass is 176 g/mol. The molecule has 1 aliphatic carbocycles. The zero-order valence-electron chi connectivity index (χ0n) is 7.00. The third-order valence-corrected chi connectivity index (χ3v) is 1.98. The van der Waals surface area contributed by atoms with Crippen LogP contribution >= 0.6 is 0 Å². The van der Waals surface area contributed by atoms with Gasteiger partial charge in [-0.3, -0.25) is 0 Å². The van der Waals surface area contributed by atoms with Crippen molar-refractivity contribution in [3.05, 3.63) is 0 Å². The van der Waals surface area contributed by atoms with Crippen molar-refractivity contribution in [2.75, 3.05) is 0 Å².